The monoisotopic (exact) mass is 378 g/mol. The van der Waals surface area contributed by atoms with Gasteiger partial charge in [-0.2, -0.15) is 0 Å². The Kier molecular flexibility index (Phi) is 4.80. The predicted molar refractivity (Wildman–Crippen MR) is 77.8 cm³/mol. The van der Waals surface area contributed by atoms with Gasteiger partial charge in [-0.05, 0) is 0 Å². The first-order valence-electron chi connectivity index (χ1n) is 5.58. The van der Waals surface area contributed by atoms with E-state index < -0.39 is 0 Å². The van der Waals surface area contributed by atoms with Gasteiger partial charge in [-0.15, -0.1) is 0 Å². The molecule has 19 heavy (non-hydrogen) atoms. The van der Waals surface area contributed by atoms with E-state index in [-0.39, 0.29) is 0 Å². The summed E-state index contributed by atoms with van der Waals surface area (Å²) in [5, 5.41) is 17.6. The Balaban J connectivity index is 2.04. The van der Waals surface area contributed by atoms with Crippen LogP contribution in [0.4, 0.5) is 0 Å². The van der Waals surface area contributed by atoms with E-state index in [1.54, 1.807) is 0 Å². The fourth-order valence-corrected chi connectivity index (χ4v) is 7.59. The zero-order valence-corrected chi connectivity index (χ0v) is 13.7. The van der Waals surface area contributed by atoms with Gasteiger partial charge in [0.05, 0.1) is 0 Å². The molecule has 2 aromatic rings. The summed E-state index contributed by atoms with van der Waals surface area (Å²) < 4.78 is 2.64. The molecule has 2 aromatic carbocycles. The topological polar surface area (TPSA) is 47.6 Å². The van der Waals surface area contributed by atoms with Gasteiger partial charge >= 0.3 is 124 Å². The van der Waals surface area contributed by atoms with Gasteiger partial charge in [0.1, 0.15) is 0 Å². The van der Waals surface area contributed by atoms with Gasteiger partial charge in [-0.25, -0.2) is 0 Å². The fourth-order valence-electron chi connectivity index (χ4n) is 1.49. The molecule has 0 aliphatic rings. The Morgan fingerprint density at radius 1 is 0.842 bits per heavy atom. The molecule has 0 saturated heterocycles. The van der Waals surface area contributed by atoms with E-state index in [9.17, 15) is 0 Å². The van der Waals surface area contributed by atoms with Crippen molar-refractivity contribution in [3.05, 3.63) is 59.2 Å². The molecular weight excluding hydrogens is 366 g/mol. The van der Waals surface area contributed by atoms with Crippen molar-refractivity contribution in [1.29, 1.82) is 10.5 Å². The average molecular weight is 376 g/mol. The molecule has 0 bridgehead atoms. The molecule has 0 amide bonds. The molecule has 0 unspecified atom stereocenters. The van der Waals surface area contributed by atoms with Crippen molar-refractivity contribution >= 4 is 35.2 Å². The molecule has 4 heteroatoms. The summed E-state index contributed by atoms with van der Waals surface area (Å²) in [5.41, 5.74) is 2.52. The zero-order chi connectivity index (χ0) is 13.7. The maximum atomic E-state index is 8.90. The second-order valence-corrected chi connectivity index (χ2v) is 10.2. The maximum absolute atomic E-state index is 8.90. The summed E-state index contributed by atoms with van der Waals surface area (Å²) >= 11 is 0.835. The van der Waals surface area contributed by atoms with Gasteiger partial charge in [-0.3, -0.25) is 0 Å². The first-order valence-corrected chi connectivity index (χ1v) is 11.6. The SMILES string of the molecule is Cc1cc([Se][Se]c2ccc(C#N)cc2)ccc1C#N. The van der Waals surface area contributed by atoms with Crippen LogP contribution in [0, 0.1) is 29.6 Å². The Hall–Kier alpha value is -1.54. The van der Waals surface area contributed by atoms with Crippen molar-refractivity contribution in [2.75, 3.05) is 0 Å². The van der Waals surface area contributed by atoms with Crippen LogP contribution >= 0.6 is 0 Å². The van der Waals surface area contributed by atoms with Crippen molar-refractivity contribution in [3.8, 4) is 12.1 Å². The van der Waals surface area contributed by atoms with Crippen LogP contribution in [-0.2, 0) is 0 Å². The normalized spacial score (nSPS) is 9.63. The molecule has 0 aliphatic carbocycles. The number of benzene rings is 2. The Labute approximate surface area is 123 Å². The van der Waals surface area contributed by atoms with E-state index in [1.165, 1.54) is 8.92 Å². The zero-order valence-electron chi connectivity index (χ0n) is 10.3. The molecule has 0 heterocycles. The second-order valence-electron chi connectivity index (χ2n) is 3.89. The van der Waals surface area contributed by atoms with Crippen LogP contribution in [0.25, 0.3) is 0 Å². The molecule has 2 nitrogen and oxygen atoms in total. The van der Waals surface area contributed by atoms with Gasteiger partial charge in [0, 0.05) is 0 Å². The molecule has 0 N–H and O–H groups in total. The number of nitriles is 2. The number of nitrogens with zero attached hydrogens (tertiary/aromatic N) is 2. The minimum absolute atomic E-state index is 0.417. The summed E-state index contributed by atoms with van der Waals surface area (Å²) in [6.45, 7) is 1.98. The van der Waals surface area contributed by atoms with E-state index in [0.29, 0.717) is 31.8 Å². The summed E-state index contributed by atoms with van der Waals surface area (Å²) in [6.07, 6.45) is 0. The molecule has 0 fully saturated rings. The summed E-state index contributed by atoms with van der Waals surface area (Å²) in [6, 6.07) is 18.2. The van der Waals surface area contributed by atoms with Gasteiger partial charge < -0.3 is 0 Å². The van der Waals surface area contributed by atoms with E-state index >= 15 is 0 Å². The fraction of sp³-hybridized carbons (Fsp3) is 0.0667. The van der Waals surface area contributed by atoms with Crippen molar-refractivity contribution in [1.82, 2.24) is 0 Å². The standard InChI is InChI=1S/C15H10N2Se2/c1-11-8-15(7-4-13(11)10-17)19-18-14-5-2-12(9-16)3-6-14/h2-8H,1H3. The van der Waals surface area contributed by atoms with Gasteiger partial charge in [0.15, 0.2) is 0 Å². The summed E-state index contributed by atoms with van der Waals surface area (Å²) in [7, 11) is 0. The third-order valence-corrected chi connectivity index (χ3v) is 9.73. The van der Waals surface area contributed by atoms with Crippen molar-refractivity contribution in [2.24, 2.45) is 0 Å². The van der Waals surface area contributed by atoms with Crippen molar-refractivity contribution < 1.29 is 0 Å². The summed E-state index contributed by atoms with van der Waals surface area (Å²) in [5.74, 6) is 0. The third-order valence-electron chi connectivity index (χ3n) is 2.54. The van der Waals surface area contributed by atoms with E-state index in [4.69, 9.17) is 10.5 Å². The van der Waals surface area contributed by atoms with E-state index in [2.05, 4.69) is 24.3 Å². The van der Waals surface area contributed by atoms with Crippen LogP contribution in [0.2, 0.25) is 0 Å². The Morgan fingerprint density at radius 3 is 2.05 bits per heavy atom. The van der Waals surface area contributed by atoms with Crippen LogP contribution in [0.5, 0.6) is 0 Å². The number of hydrogen-bond acceptors (Lipinski definition) is 2. The summed E-state index contributed by atoms with van der Waals surface area (Å²) in [4.78, 5) is 0. The second kappa shape index (κ2) is 6.57. The number of rotatable bonds is 3. The van der Waals surface area contributed by atoms with Crippen LogP contribution in [0.15, 0.2) is 42.5 Å². The molecule has 0 aromatic heterocycles. The number of hydrogen-bond donors (Lipinski definition) is 0. The first-order chi connectivity index (χ1) is 9.22. The molecule has 2 rings (SSSR count). The van der Waals surface area contributed by atoms with Crippen LogP contribution in [0.1, 0.15) is 16.7 Å². The quantitative estimate of drug-likeness (QED) is 0.751. The molecule has 0 aliphatic heterocycles. The van der Waals surface area contributed by atoms with Gasteiger partial charge in [0.2, 0.25) is 0 Å². The molecule has 0 atom stereocenters. The molecule has 0 spiro atoms. The number of aryl methyl sites for hydroxylation is 1. The van der Waals surface area contributed by atoms with Crippen molar-refractivity contribution in [2.45, 2.75) is 6.92 Å². The molecule has 0 radical (unpaired) electrons. The predicted octanol–water partition coefficient (Wildman–Crippen LogP) is 1.01. The van der Waals surface area contributed by atoms with Crippen molar-refractivity contribution in [3.63, 3.8) is 0 Å². The van der Waals surface area contributed by atoms with Gasteiger partial charge in [-0.1, -0.05) is 0 Å². The van der Waals surface area contributed by atoms with Gasteiger partial charge in [0.25, 0.3) is 0 Å². The molecule has 92 valence electrons. The van der Waals surface area contributed by atoms with Crippen LogP contribution in [-0.4, -0.2) is 26.3 Å². The molecule has 0 saturated carbocycles. The Morgan fingerprint density at radius 2 is 1.47 bits per heavy atom. The average Bonchev–Trinajstić information content (AvgIpc) is 2.46. The molecular formula is C15H10N2Se2. The van der Waals surface area contributed by atoms with Crippen LogP contribution in [0.3, 0.4) is 0 Å². The Bertz CT molecular complexity index is 664. The van der Waals surface area contributed by atoms with E-state index in [0.717, 1.165) is 11.1 Å². The first kappa shape index (κ1) is 13.9. The third kappa shape index (κ3) is 3.71. The minimum atomic E-state index is 0.417. The van der Waals surface area contributed by atoms with E-state index in [1.807, 2.05) is 37.3 Å². The van der Waals surface area contributed by atoms with Crippen LogP contribution < -0.4 is 8.92 Å².